The van der Waals surface area contributed by atoms with Crippen molar-refractivity contribution in [1.82, 2.24) is 0 Å². The van der Waals surface area contributed by atoms with Gasteiger partial charge in [0.05, 0.1) is 0 Å². The number of hydrogen-bond acceptors (Lipinski definition) is 2. The Bertz CT molecular complexity index is 714. The highest BCUT2D eigenvalue weighted by Gasteiger charge is 2.32. The summed E-state index contributed by atoms with van der Waals surface area (Å²) in [5.74, 6) is 3.07. The summed E-state index contributed by atoms with van der Waals surface area (Å²) in [5, 5.41) is 10.1. The van der Waals surface area contributed by atoms with Crippen molar-refractivity contribution in [1.29, 1.82) is 0 Å². The normalized spacial score (nSPS) is 20.2. The van der Waals surface area contributed by atoms with Crippen LogP contribution in [0.25, 0.3) is 0 Å². The first-order valence-corrected chi connectivity index (χ1v) is 12.3. The molecule has 1 heterocycles. The lowest BCUT2D eigenvalue weighted by atomic mass is 9.85. The molecule has 2 rings (SSSR count). The van der Waals surface area contributed by atoms with E-state index in [9.17, 15) is 5.11 Å². The van der Waals surface area contributed by atoms with Gasteiger partial charge in [-0.3, -0.25) is 0 Å². The second kappa shape index (κ2) is 11.3. The number of phenolic OH excluding ortho intramolecular Hbond substituents is 1. The molecule has 2 nitrogen and oxygen atoms in total. The lowest BCUT2D eigenvalue weighted by Gasteiger charge is -2.37. The van der Waals surface area contributed by atoms with Crippen molar-refractivity contribution in [3.8, 4) is 11.5 Å². The fourth-order valence-electron chi connectivity index (χ4n) is 4.73. The third-order valence-corrected chi connectivity index (χ3v) is 7.17. The molecule has 30 heavy (non-hydrogen) atoms. The van der Waals surface area contributed by atoms with Crippen molar-refractivity contribution in [2.24, 2.45) is 11.8 Å². The van der Waals surface area contributed by atoms with Crippen molar-refractivity contribution in [2.75, 3.05) is 0 Å². The third kappa shape index (κ3) is 7.36. The predicted octanol–water partition coefficient (Wildman–Crippen LogP) is 8.45. The van der Waals surface area contributed by atoms with Crippen LogP contribution >= 0.6 is 0 Å². The SMILES string of the molecule is CC(C)=CCC[C@@H](C)CCC[C@@H](C)CCC[C@]1(C)CCc2cc(O)c(C)c(C)c2O1. The lowest BCUT2D eigenvalue weighted by molar-refractivity contribution is 0.0514. The van der Waals surface area contributed by atoms with Gasteiger partial charge >= 0.3 is 0 Å². The molecule has 0 bridgehead atoms. The van der Waals surface area contributed by atoms with E-state index in [0.29, 0.717) is 5.75 Å². The first kappa shape index (κ1) is 24.8. The van der Waals surface area contributed by atoms with E-state index in [1.165, 1.54) is 56.1 Å². The smallest absolute Gasteiger partial charge is 0.126 e. The van der Waals surface area contributed by atoms with E-state index >= 15 is 0 Å². The van der Waals surface area contributed by atoms with Gasteiger partial charge in [-0.1, -0.05) is 51.2 Å². The van der Waals surface area contributed by atoms with Crippen molar-refractivity contribution in [3.05, 3.63) is 34.4 Å². The maximum Gasteiger partial charge on any atom is 0.126 e. The number of hydrogen-bond donors (Lipinski definition) is 1. The van der Waals surface area contributed by atoms with Crippen LogP contribution < -0.4 is 4.74 Å². The number of allylic oxidation sites excluding steroid dienone is 2. The average Bonchev–Trinajstić information content (AvgIpc) is 2.67. The van der Waals surface area contributed by atoms with E-state index in [2.05, 4.69) is 47.6 Å². The molecule has 1 aliphatic rings. The van der Waals surface area contributed by atoms with Crippen LogP contribution in [0.3, 0.4) is 0 Å². The van der Waals surface area contributed by atoms with Crippen LogP contribution in [0.5, 0.6) is 11.5 Å². The second-order valence-corrected chi connectivity index (χ2v) is 10.6. The summed E-state index contributed by atoms with van der Waals surface area (Å²) in [6.45, 7) is 15.5. The van der Waals surface area contributed by atoms with Gasteiger partial charge < -0.3 is 9.84 Å². The summed E-state index contributed by atoms with van der Waals surface area (Å²) in [6, 6.07) is 1.90. The van der Waals surface area contributed by atoms with Gasteiger partial charge in [-0.05, 0) is 108 Å². The van der Waals surface area contributed by atoms with E-state index in [1.807, 2.05) is 13.0 Å². The van der Waals surface area contributed by atoms with Gasteiger partial charge in [-0.25, -0.2) is 0 Å². The Kier molecular flexibility index (Phi) is 9.31. The molecule has 0 fully saturated rings. The fraction of sp³-hybridized carbons (Fsp3) is 0.714. The van der Waals surface area contributed by atoms with Crippen molar-refractivity contribution < 1.29 is 9.84 Å². The highest BCUT2D eigenvalue weighted by atomic mass is 16.5. The number of aryl methyl sites for hydroxylation is 1. The molecule has 0 amide bonds. The Morgan fingerprint density at radius 2 is 1.70 bits per heavy atom. The van der Waals surface area contributed by atoms with E-state index < -0.39 is 0 Å². The number of phenols is 1. The largest absolute Gasteiger partial charge is 0.508 e. The minimum absolute atomic E-state index is 0.0691. The zero-order chi connectivity index (χ0) is 22.3. The van der Waals surface area contributed by atoms with Crippen LogP contribution in [-0.4, -0.2) is 10.7 Å². The molecule has 1 aromatic carbocycles. The molecule has 0 unspecified atom stereocenters. The monoisotopic (exact) mass is 414 g/mol. The summed E-state index contributed by atoms with van der Waals surface area (Å²) < 4.78 is 6.52. The molecule has 0 spiro atoms. The van der Waals surface area contributed by atoms with Gasteiger partial charge in [0.25, 0.3) is 0 Å². The molecule has 0 aromatic heterocycles. The maximum absolute atomic E-state index is 10.1. The van der Waals surface area contributed by atoms with Crippen LogP contribution in [-0.2, 0) is 6.42 Å². The first-order valence-electron chi connectivity index (χ1n) is 12.3. The summed E-state index contributed by atoms with van der Waals surface area (Å²) in [4.78, 5) is 0. The quantitative estimate of drug-likeness (QED) is 0.368. The molecule has 0 radical (unpaired) electrons. The fourth-order valence-corrected chi connectivity index (χ4v) is 4.73. The van der Waals surface area contributed by atoms with E-state index in [1.54, 1.807) is 0 Å². The summed E-state index contributed by atoms with van der Waals surface area (Å²) in [5.41, 5.74) is 4.59. The summed E-state index contributed by atoms with van der Waals surface area (Å²) in [7, 11) is 0. The third-order valence-electron chi connectivity index (χ3n) is 7.17. The topological polar surface area (TPSA) is 29.5 Å². The highest BCUT2D eigenvalue weighted by Crippen LogP contribution is 2.42. The van der Waals surface area contributed by atoms with Crippen LogP contribution in [0.1, 0.15) is 109 Å². The van der Waals surface area contributed by atoms with Crippen molar-refractivity contribution in [2.45, 2.75) is 118 Å². The highest BCUT2D eigenvalue weighted by molar-refractivity contribution is 5.53. The van der Waals surface area contributed by atoms with Crippen LogP contribution in [0.4, 0.5) is 0 Å². The summed E-state index contributed by atoms with van der Waals surface area (Å²) >= 11 is 0. The van der Waals surface area contributed by atoms with Gasteiger partial charge in [0, 0.05) is 0 Å². The minimum atomic E-state index is -0.0691. The van der Waals surface area contributed by atoms with Crippen LogP contribution in [0.15, 0.2) is 17.7 Å². The molecule has 0 saturated carbocycles. The van der Waals surface area contributed by atoms with Crippen molar-refractivity contribution in [3.63, 3.8) is 0 Å². The van der Waals surface area contributed by atoms with Gasteiger partial charge in [-0.15, -0.1) is 0 Å². The van der Waals surface area contributed by atoms with Crippen LogP contribution in [0.2, 0.25) is 0 Å². The molecule has 3 atom stereocenters. The number of ether oxygens (including phenoxy) is 1. The Morgan fingerprint density at radius 3 is 2.37 bits per heavy atom. The Morgan fingerprint density at radius 1 is 1.07 bits per heavy atom. The van der Waals surface area contributed by atoms with E-state index in [0.717, 1.165) is 48.0 Å². The second-order valence-electron chi connectivity index (χ2n) is 10.6. The molecule has 0 aliphatic carbocycles. The zero-order valence-corrected chi connectivity index (χ0v) is 20.7. The first-order chi connectivity index (χ1) is 14.1. The standard InChI is InChI=1S/C28H46O2/c1-20(2)11-8-12-21(3)13-9-14-22(4)15-10-17-28(7)18-16-25-19-26(29)23(5)24(6)27(25)30-28/h11,19,21-22,29H,8-10,12-18H2,1-7H3/t21-,22-,28-/m1/s1. The number of aromatic hydroxyl groups is 1. The molecular weight excluding hydrogens is 368 g/mol. The molecule has 0 saturated heterocycles. The Balaban J connectivity index is 1.71. The number of rotatable bonds is 11. The van der Waals surface area contributed by atoms with Gasteiger partial charge in [0.15, 0.2) is 0 Å². The van der Waals surface area contributed by atoms with Gasteiger partial charge in [-0.2, -0.15) is 0 Å². The Labute approximate surface area is 186 Å². The summed E-state index contributed by atoms with van der Waals surface area (Å²) in [6.07, 6.45) is 14.7. The van der Waals surface area contributed by atoms with Crippen LogP contribution in [0, 0.1) is 25.7 Å². The molecule has 1 N–H and O–H groups in total. The minimum Gasteiger partial charge on any atom is -0.508 e. The lowest BCUT2D eigenvalue weighted by Crippen LogP contribution is -2.36. The van der Waals surface area contributed by atoms with Crippen molar-refractivity contribution >= 4 is 0 Å². The Hall–Kier alpha value is -1.44. The average molecular weight is 415 g/mol. The van der Waals surface area contributed by atoms with E-state index in [4.69, 9.17) is 4.74 Å². The molecular formula is C28H46O2. The zero-order valence-electron chi connectivity index (χ0n) is 20.7. The molecule has 1 aromatic rings. The van der Waals surface area contributed by atoms with Gasteiger partial charge in [0.2, 0.25) is 0 Å². The molecule has 2 heteroatoms. The number of benzene rings is 1. The van der Waals surface area contributed by atoms with E-state index in [-0.39, 0.29) is 5.60 Å². The molecule has 1 aliphatic heterocycles. The molecule has 170 valence electrons. The van der Waals surface area contributed by atoms with Gasteiger partial charge in [0.1, 0.15) is 17.1 Å². The predicted molar refractivity (Wildman–Crippen MR) is 130 cm³/mol. The number of fused-ring (bicyclic) bond motifs is 1. The maximum atomic E-state index is 10.1.